The summed E-state index contributed by atoms with van der Waals surface area (Å²) in [6.45, 7) is 4.96. The van der Waals surface area contributed by atoms with Gasteiger partial charge in [0.05, 0.1) is 17.9 Å². The lowest BCUT2D eigenvalue weighted by Gasteiger charge is -2.35. The first-order valence-corrected chi connectivity index (χ1v) is 18.7. The van der Waals surface area contributed by atoms with E-state index in [9.17, 15) is 28.7 Å². The Morgan fingerprint density at radius 3 is 2.45 bits per heavy atom. The zero-order valence-electron chi connectivity index (χ0n) is 30.9. The molecular weight excluding hydrogens is 681 g/mol. The van der Waals surface area contributed by atoms with E-state index >= 15 is 0 Å². The second kappa shape index (κ2) is 18.8. The van der Waals surface area contributed by atoms with Gasteiger partial charge in [0.25, 0.3) is 5.91 Å². The molecule has 2 aromatic carbocycles. The van der Waals surface area contributed by atoms with Crippen LogP contribution in [0.5, 0.6) is 5.75 Å². The molecule has 286 valence electrons. The van der Waals surface area contributed by atoms with E-state index in [1.54, 1.807) is 10.9 Å². The van der Waals surface area contributed by atoms with Gasteiger partial charge in [-0.3, -0.25) is 23.9 Å². The molecule has 3 N–H and O–H groups in total. The molecule has 0 saturated carbocycles. The summed E-state index contributed by atoms with van der Waals surface area (Å²) in [5.74, 6) is -2.76. The van der Waals surface area contributed by atoms with Gasteiger partial charge in [0.2, 0.25) is 17.7 Å². The van der Waals surface area contributed by atoms with Crippen LogP contribution in [-0.4, -0.2) is 97.9 Å². The van der Waals surface area contributed by atoms with E-state index < -0.39 is 47.8 Å². The molecule has 3 aromatic rings. The Morgan fingerprint density at radius 1 is 0.962 bits per heavy atom. The molecule has 53 heavy (non-hydrogen) atoms. The third-order valence-corrected chi connectivity index (χ3v) is 9.87. The lowest BCUT2D eigenvalue weighted by atomic mass is 10.00. The number of halogens is 1. The van der Waals surface area contributed by atoms with E-state index in [4.69, 9.17) is 4.74 Å². The van der Waals surface area contributed by atoms with E-state index in [1.165, 1.54) is 22.9 Å². The molecule has 2 aliphatic heterocycles. The number of aliphatic hydroxyl groups excluding tert-OH is 1. The molecule has 5 rings (SSSR count). The summed E-state index contributed by atoms with van der Waals surface area (Å²) in [7, 11) is 1.53. The summed E-state index contributed by atoms with van der Waals surface area (Å²) < 4.78 is 22.0. The SMILES string of the molecule is CC(C)C[C@H]1NC(=O)c2ccc(F)cc2OCc2cn(nn2)CCCCCCCCNC(=O)[C@H](Cc2ccccc2)N(C)C(=O)[C@H]2[C@H](O)CCN2C1=O. The van der Waals surface area contributed by atoms with Crippen LogP contribution in [-0.2, 0) is 34.0 Å². The van der Waals surface area contributed by atoms with Gasteiger partial charge in [0.15, 0.2) is 0 Å². The Labute approximate surface area is 310 Å². The largest absolute Gasteiger partial charge is 0.486 e. The number of ether oxygens (including phenoxy) is 1. The topological polar surface area (TPSA) is 159 Å². The third-order valence-electron chi connectivity index (χ3n) is 9.87. The lowest BCUT2D eigenvalue weighted by Crippen LogP contribution is -2.59. The molecule has 1 fully saturated rings. The Bertz CT molecular complexity index is 1700. The molecule has 14 heteroatoms. The van der Waals surface area contributed by atoms with Crippen LogP contribution >= 0.6 is 0 Å². The number of rotatable bonds is 4. The van der Waals surface area contributed by atoms with Gasteiger partial charge in [-0.25, -0.2) is 4.39 Å². The van der Waals surface area contributed by atoms with E-state index in [-0.39, 0.29) is 55.6 Å². The third kappa shape index (κ3) is 10.6. The van der Waals surface area contributed by atoms with E-state index in [1.807, 2.05) is 44.2 Å². The van der Waals surface area contributed by atoms with Gasteiger partial charge < -0.3 is 30.3 Å². The smallest absolute Gasteiger partial charge is 0.255 e. The molecule has 0 aliphatic carbocycles. The Balaban J connectivity index is 1.43. The quantitative estimate of drug-likeness (QED) is 0.367. The van der Waals surface area contributed by atoms with Gasteiger partial charge in [-0.2, -0.15) is 0 Å². The van der Waals surface area contributed by atoms with Crippen molar-refractivity contribution >= 4 is 23.6 Å². The lowest BCUT2D eigenvalue weighted by molar-refractivity contribution is -0.150. The van der Waals surface area contributed by atoms with Crippen molar-refractivity contribution in [1.29, 1.82) is 0 Å². The average molecular weight is 734 g/mol. The minimum Gasteiger partial charge on any atom is -0.486 e. The van der Waals surface area contributed by atoms with Crippen LogP contribution in [0.3, 0.4) is 0 Å². The first kappa shape index (κ1) is 39.4. The van der Waals surface area contributed by atoms with Crippen LogP contribution in [0.1, 0.15) is 86.8 Å². The van der Waals surface area contributed by atoms with Crippen molar-refractivity contribution in [3.8, 4) is 5.75 Å². The first-order valence-electron chi connectivity index (χ1n) is 18.7. The monoisotopic (exact) mass is 733 g/mol. The van der Waals surface area contributed by atoms with Gasteiger partial charge in [0.1, 0.15) is 42.0 Å². The maximum atomic E-state index is 14.4. The number of carbonyl (C=O) groups is 4. The molecule has 2 bridgehead atoms. The molecule has 0 unspecified atom stereocenters. The number of aliphatic hydroxyl groups is 1. The Morgan fingerprint density at radius 2 is 1.70 bits per heavy atom. The zero-order chi connectivity index (χ0) is 37.9. The molecule has 4 amide bonds. The van der Waals surface area contributed by atoms with Crippen molar-refractivity contribution in [3.05, 3.63) is 77.4 Å². The summed E-state index contributed by atoms with van der Waals surface area (Å²) >= 11 is 0. The maximum absolute atomic E-state index is 14.4. The molecule has 1 aromatic heterocycles. The van der Waals surface area contributed by atoms with Crippen LogP contribution in [0.4, 0.5) is 4.39 Å². The van der Waals surface area contributed by atoms with Crippen LogP contribution in [0.15, 0.2) is 54.7 Å². The van der Waals surface area contributed by atoms with E-state index in [2.05, 4.69) is 20.9 Å². The number of aryl methyl sites for hydroxylation is 1. The maximum Gasteiger partial charge on any atom is 0.255 e. The number of nitrogens with one attached hydrogen (secondary N) is 2. The summed E-state index contributed by atoms with van der Waals surface area (Å²) in [4.78, 5) is 58.7. The summed E-state index contributed by atoms with van der Waals surface area (Å²) in [5, 5.41) is 25.3. The van der Waals surface area contributed by atoms with E-state index in [0.29, 0.717) is 18.8 Å². The zero-order valence-corrected chi connectivity index (χ0v) is 30.9. The second-order valence-corrected chi connectivity index (χ2v) is 14.5. The highest BCUT2D eigenvalue weighted by Gasteiger charge is 2.46. The number of nitrogens with zero attached hydrogens (tertiary/aromatic N) is 5. The fraction of sp³-hybridized carbons (Fsp3) is 0.538. The second-order valence-electron chi connectivity index (χ2n) is 14.5. The molecule has 0 spiro atoms. The molecule has 13 nitrogen and oxygen atoms in total. The van der Waals surface area contributed by atoms with Crippen LogP contribution in [0.25, 0.3) is 0 Å². The van der Waals surface area contributed by atoms with E-state index in [0.717, 1.165) is 56.2 Å². The van der Waals surface area contributed by atoms with Crippen molar-refractivity contribution in [2.75, 3.05) is 20.1 Å². The number of amides is 4. The number of hydrogen-bond acceptors (Lipinski definition) is 8. The predicted molar refractivity (Wildman–Crippen MR) is 195 cm³/mol. The highest BCUT2D eigenvalue weighted by molar-refractivity contribution is 6.00. The molecule has 0 radical (unpaired) electrons. The van der Waals surface area contributed by atoms with Crippen molar-refractivity contribution in [2.24, 2.45) is 5.92 Å². The molecule has 2 aliphatic rings. The molecule has 3 heterocycles. The number of fused-ring (bicyclic) bond motifs is 4. The first-order chi connectivity index (χ1) is 25.5. The fourth-order valence-corrected chi connectivity index (χ4v) is 6.96. The van der Waals surface area contributed by atoms with Gasteiger partial charge in [-0.15, -0.1) is 5.10 Å². The minimum atomic E-state index is -1.26. The van der Waals surface area contributed by atoms with Crippen molar-refractivity contribution in [3.63, 3.8) is 0 Å². The summed E-state index contributed by atoms with van der Waals surface area (Å²) in [5.41, 5.74) is 1.39. The highest BCUT2D eigenvalue weighted by atomic mass is 19.1. The van der Waals surface area contributed by atoms with Crippen LogP contribution in [0, 0.1) is 11.7 Å². The van der Waals surface area contributed by atoms with Gasteiger partial charge in [0, 0.05) is 39.2 Å². The fourth-order valence-electron chi connectivity index (χ4n) is 6.96. The van der Waals surface area contributed by atoms with Crippen LogP contribution < -0.4 is 15.4 Å². The number of hydrogen-bond donors (Lipinski definition) is 3. The van der Waals surface area contributed by atoms with Crippen molar-refractivity contribution in [2.45, 2.75) is 109 Å². The van der Waals surface area contributed by atoms with Crippen molar-refractivity contribution in [1.82, 2.24) is 35.4 Å². The standard InChI is InChI=1S/C39H52FN7O6/c1-26(2)21-31-38(51)47-20-17-33(48)35(47)39(52)45(3)32(22-27-13-9-8-10-14-27)37(50)41-18-11-6-4-5-7-12-19-46-24-29(43-44-46)25-53-34-23-28(40)15-16-30(34)36(49)42-31/h8-10,13-16,23-24,26,31-33,35,48H,4-7,11-12,17-22,25H2,1-3H3,(H,41,50)(H,42,49)/t31-,32+,33-,35-/m1/s1. The Kier molecular flexibility index (Phi) is 13.9. The summed E-state index contributed by atoms with van der Waals surface area (Å²) in [6.07, 6.45) is 6.85. The normalized spacial score (nSPS) is 23.2. The van der Waals surface area contributed by atoms with Crippen LogP contribution in [0.2, 0.25) is 0 Å². The van der Waals surface area contributed by atoms with Gasteiger partial charge >= 0.3 is 0 Å². The number of aromatic nitrogens is 3. The summed E-state index contributed by atoms with van der Waals surface area (Å²) in [6, 6.07) is 9.70. The molecular formula is C39H52FN7O6. The number of carbonyl (C=O) groups excluding carboxylic acids is 4. The van der Waals surface area contributed by atoms with Gasteiger partial charge in [-0.05, 0) is 49.3 Å². The molecule has 1 saturated heterocycles. The van der Waals surface area contributed by atoms with Crippen molar-refractivity contribution < 1.29 is 33.4 Å². The highest BCUT2D eigenvalue weighted by Crippen LogP contribution is 2.26. The number of likely N-dealkylation sites (N-methyl/N-ethyl adjacent to an activating group) is 1. The van der Waals surface area contributed by atoms with Gasteiger partial charge in [-0.1, -0.05) is 75.1 Å². The minimum absolute atomic E-state index is 0.0189. The number of benzene rings is 2. The predicted octanol–water partition coefficient (Wildman–Crippen LogP) is 3.64. The average Bonchev–Trinajstić information content (AvgIpc) is 3.76. The molecule has 4 atom stereocenters. The Hall–Kier alpha value is -4.85.